The minimum absolute atomic E-state index is 0.163. The average Bonchev–Trinajstić information content (AvgIpc) is 2.56. The summed E-state index contributed by atoms with van der Waals surface area (Å²) in [5.74, 6) is -0.643. The van der Waals surface area contributed by atoms with Crippen LogP contribution in [0.25, 0.3) is 11.1 Å². The van der Waals surface area contributed by atoms with Gasteiger partial charge in [0.1, 0.15) is 22.9 Å². The van der Waals surface area contributed by atoms with Crippen molar-refractivity contribution in [3.8, 4) is 22.6 Å². The van der Waals surface area contributed by atoms with Crippen LogP contribution in [-0.4, -0.2) is 11.9 Å². The normalized spacial score (nSPS) is 9.83. The average molecular weight is 324 g/mol. The van der Waals surface area contributed by atoms with Crippen molar-refractivity contribution < 1.29 is 19.1 Å². The predicted octanol–water partition coefficient (Wildman–Crippen LogP) is 2.11. The third kappa shape index (κ3) is 4.23. The Kier molecular flexibility index (Phi) is 5.01. The van der Waals surface area contributed by atoms with Crippen LogP contribution in [0.1, 0.15) is 0 Å². The van der Waals surface area contributed by atoms with Crippen LogP contribution in [0, 0.1) is 0 Å². The second-order valence-corrected chi connectivity index (χ2v) is 4.88. The monoisotopic (exact) mass is 324 g/mol. The molecule has 0 aliphatic rings. The summed E-state index contributed by atoms with van der Waals surface area (Å²) in [5, 5.41) is 0. The Morgan fingerprint density at radius 3 is 1.21 bits per heavy atom. The van der Waals surface area contributed by atoms with Gasteiger partial charge in [-0.05, 0) is 35.4 Å². The lowest BCUT2D eigenvalue weighted by atomic mass is 10.1. The molecule has 0 spiro atoms. The van der Waals surface area contributed by atoms with E-state index >= 15 is 0 Å². The van der Waals surface area contributed by atoms with E-state index in [0.29, 0.717) is 11.5 Å². The molecule has 24 heavy (non-hydrogen) atoms. The minimum Gasteiger partial charge on any atom is -0.422 e. The molecule has 0 heterocycles. The molecule has 6 nitrogen and oxygen atoms in total. The van der Waals surface area contributed by atoms with E-state index in [1.807, 2.05) is 0 Å². The molecule has 0 amide bonds. The van der Waals surface area contributed by atoms with Gasteiger partial charge in [-0.25, -0.2) is 9.59 Å². The first-order valence-electron chi connectivity index (χ1n) is 6.90. The Morgan fingerprint density at radius 2 is 0.958 bits per heavy atom. The summed E-state index contributed by atoms with van der Waals surface area (Å²) < 4.78 is 10.0. The lowest BCUT2D eigenvalue weighted by molar-refractivity contribution is -0.131. The van der Waals surface area contributed by atoms with Crippen molar-refractivity contribution in [2.45, 2.75) is 0 Å². The molecule has 2 aromatic carbocycles. The molecule has 2 aromatic rings. The van der Waals surface area contributed by atoms with Crippen LogP contribution in [0.3, 0.4) is 0 Å². The van der Waals surface area contributed by atoms with E-state index in [4.69, 9.17) is 20.9 Å². The van der Waals surface area contributed by atoms with Gasteiger partial charge in [-0.1, -0.05) is 37.4 Å². The maximum atomic E-state index is 11.3. The highest BCUT2D eigenvalue weighted by Gasteiger charge is 2.08. The zero-order chi connectivity index (χ0) is 17.7. The highest BCUT2D eigenvalue weighted by molar-refractivity contribution is 5.89. The van der Waals surface area contributed by atoms with Gasteiger partial charge >= 0.3 is 11.9 Å². The molecule has 0 fully saturated rings. The van der Waals surface area contributed by atoms with Crippen molar-refractivity contribution in [3.05, 3.63) is 73.1 Å². The molecule has 122 valence electrons. The van der Waals surface area contributed by atoms with Gasteiger partial charge in [0.25, 0.3) is 0 Å². The summed E-state index contributed by atoms with van der Waals surface area (Å²) in [7, 11) is 0. The molecule has 0 bridgehead atoms. The fourth-order valence-corrected chi connectivity index (χ4v) is 1.78. The molecule has 2 rings (SSSR count). The number of hydrogen-bond donors (Lipinski definition) is 2. The second kappa shape index (κ2) is 7.15. The number of ether oxygens (including phenoxy) is 2. The van der Waals surface area contributed by atoms with E-state index < -0.39 is 11.9 Å². The van der Waals surface area contributed by atoms with E-state index in [9.17, 15) is 9.59 Å². The highest BCUT2D eigenvalue weighted by atomic mass is 16.5. The first kappa shape index (κ1) is 16.8. The summed E-state index contributed by atoms with van der Waals surface area (Å²) in [5.41, 5.74) is 12.0. The van der Waals surface area contributed by atoms with Gasteiger partial charge in [0.2, 0.25) is 0 Å². The Morgan fingerprint density at radius 1 is 0.667 bits per heavy atom. The Hall–Kier alpha value is -3.54. The molecule has 0 saturated heterocycles. The van der Waals surface area contributed by atoms with E-state index in [2.05, 4.69) is 13.2 Å². The molecule has 6 heteroatoms. The maximum Gasteiger partial charge on any atom is 0.358 e. The molecule has 0 aliphatic carbocycles. The summed E-state index contributed by atoms with van der Waals surface area (Å²) in [4.78, 5) is 22.7. The van der Waals surface area contributed by atoms with Gasteiger partial charge in [0, 0.05) is 0 Å². The zero-order valence-corrected chi connectivity index (χ0v) is 12.8. The van der Waals surface area contributed by atoms with Crippen LogP contribution in [-0.2, 0) is 9.59 Å². The van der Waals surface area contributed by atoms with Gasteiger partial charge in [-0.3, -0.25) is 0 Å². The topological polar surface area (TPSA) is 105 Å². The Bertz CT molecular complexity index is 723. The molecular weight excluding hydrogens is 308 g/mol. The molecule has 0 saturated carbocycles. The fraction of sp³-hybridized carbons (Fsp3) is 0. The van der Waals surface area contributed by atoms with Crippen LogP contribution < -0.4 is 20.9 Å². The van der Waals surface area contributed by atoms with Crippen molar-refractivity contribution in [2.24, 2.45) is 11.5 Å². The van der Waals surface area contributed by atoms with Gasteiger partial charge in [0.15, 0.2) is 0 Å². The molecule has 0 aliphatic heterocycles. The van der Waals surface area contributed by atoms with Gasteiger partial charge in [-0.2, -0.15) is 0 Å². The molecular formula is C18H16N2O4. The molecule has 0 radical (unpaired) electrons. The van der Waals surface area contributed by atoms with Gasteiger partial charge in [-0.15, -0.1) is 0 Å². The molecule has 0 atom stereocenters. The van der Waals surface area contributed by atoms with E-state index in [-0.39, 0.29) is 11.4 Å². The first-order chi connectivity index (χ1) is 11.4. The number of hydrogen-bond acceptors (Lipinski definition) is 6. The molecule has 4 N–H and O–H groups in total. The Labute approximate surface area is 139 Å². The second-order valence-electron chi connectivity index (χ2n) is 4.88. The van der Waals surface area contributed by atoms with Gasteiger partial charge in [0.05, 0.1) is 0 Å². The van der Waals surface area contributed by atoms with E-state index in [1.165, 1.54) is 0 Å². The van der Waals surface area contributed by atoms with E-state index in [1.54, 1.807) is 48.5 Å². The van der Waals surface area contributed by atoms with Crippen LogP contribution in [0.2, 0.25) is 0 Å². The molecule has 0 unspecified atom stereocenters. The van der Waals surface area contributed by atoms with Gasteiger partial charge < -0.3 is 20.9 Å². The highest BCUT2D eigenvalue weighted by Crippen LogP contribution is 2.25. The number of esters is 2. The minimum atomic E-state index is -0.685. The number of carbonyl (C=O) groups is 2. The number of rotatable bonds is 5. The standard InChI is InChI=1S/C18H16N2O4/c1-11(19)17(21)23-15-7-3-13(4-8-15)14-5-9-16(10-6-14)24-18(22)12(2)20/h3-10H,1-2,19-20H2. The van der Waals surface area contributed by atoms with Crippen molar-refractivity contribution in [1.82, 2.24) is 0 Å². The van der Waals surface area contributed by atoms with Crippen molar-refractivity contribution in [3.63, 3.8) is 0 Å². The fourth-order valence-electron chi connectivity index (χ4n) is 1.78. The predicted molar refractivity (Wildman–Crippen MR) is 89.8 cm³/mol. The van der Waals surface area contributed by atoms with Crippen LogP contribution in [0.5, 0.6) is 11.5 Å². The van der Waals surface area contributed by atoms with Crippen molar-refractivity contribution in [1.29, 1.82) is 0 Å². The lowest BCUT2D eigenvalue weighted by Gasteiger charge is -2.07. The van der Waals surface area contributed by atoms with Crippen LogP contribution in [0.15, 0.2) is 73.1 Å². The summed E-state index contributed by atoms with van der Waals surface area (Å²) >= 11 is 0. The number of carbonyl (C=O) groups excluding carboxylic acids is 2. The van der Waals surface area contributed by atoms with Crippen LogP contribution >= 0.6 is 0 Å². The van der Waals surface area contributed by atoms with Crippen molar-refractivity contribution in [2.75, 3.05) is 0 Å². The van der Waals surface area contributed by atoms with Crippen molar-refractivity contribution >= 4 is 11.9 Å². The largest absolute Gasteiger partial charge is 0.422 e. The number of benzene rings is 2. The zero-order valence-electron chi connectivity index (χ0n) is 12.8. The third-order valence-electron chi connectivity index (χ3n) is 2.99. The first-order valence-corrected chi connectivity index (χ1v) is 6.90. The summed E-state index contributed by atoms with van der Waals surface area (Å²) in [6, 6.07) is 13.7. The third-order valence-corrected chi connectivity index (χ3v) is 2.99. The number of nitrogens with two attached hydrogens (primary N) is 2. The lowest BCUT2D eigenvalue weighted by Crippen LogP contribution is -2.16. The quantitative estimate of drug-likeness (QED) is 0.496. The van der Waals surface area contributed by atoms with E-state index in [0.717, 1.165) is 11.1 Å². The SMILES string of the molecule is C=C(N)C(=O)Oc1ccc(-c2ccc(OC(=O)C(=C)N)cc2)cc1. The summed E-state index contributed by atoms with van der Waals surface area (Å²) in [6.07, 6.45) is 0. The summed E-state index contributed by atoms with van der Waals surface area (Å²) in [6.45, 7) is 6.62. The molecule has 0 aromatic heterocycles. The smallest absolute Gasteiger partial charge is 0.358 e. The maximum absolute atomic E-state index is 11.3. The Balaban J connectivity index is 2.09. The van der Waals surface area contributed by atoms with Crippen LogP contribution in [0.4, 0.5) is 0 Å².